The minimum atomic E-state index is -0.830. The minimum Gasteiger partial charge on any atom is -0.497 e. The lowest BCUT2D eigenvalue weighted by molar-refractivity contribution is -0.139. The van der Waals surface area contributed by atoms with E-state index in [2.05, 4.69) is 10.3 Å². The third-order valence-electron chi connectivity index (χ3n) is 3.60. The molecular formula is C17H22N2O4S. The van der Waals surface area contributed by atoms with Gasteiger partial charge in [-0.25, -0.2) is 4.98 Å². The van der Waals surface area contributed by atoms with E-state index in [1.165, 1.54) is 11.3 Å². The predicted octanol–water partition coefficient (Wildman–Crippen LogP) is 3.17. The van der Waals surface area contributed by atoms with E-state index in [1.54, 1.807) is 14.2 Å². The van der Waals surface area contributed by atoms with Crippen LogP contribution in [0.4, 0.5) is 0 Å². The van der Waals surface area contributed by atoms with Crippen LogP contribution < -0.4 is 14.8 Å². The van der Waals surface area contributed by atoms with E-state index in [-0.39, 0.29) is 0 Å². The summed E-state index contributed by atoms with van der Waals surface area (Å²) in [6, 6.07) is 5.04. The van der Waals surface area contributed by atoms with Gasteiger partial charge in [-0.1, -0.05) is 13.3 Å². The highest BCUT2D eigenvalue weighted by atomic mass is 32.1. The summed E-state index contributed by atoms with van der Waals surface area (Å²) in [7, 11) is 3.22. The van der Waals surface area contributed by atoms with Crippen molar-refractivity contribution in [3.63, 3.8) is 0 Å². The molecule has 7 heteroatoms. The number of hydrogen-bond acceptors (Lipinski definition) is 6. The van der Waals surface area contributed by atoms with Crippen LogP contribution in [0.2, 0.25) is 0 Å². The minimum absolute atomic E-state index is 0.423. The second-order valence-corrected chi connectivity index (χ2v) is 6.13. The van der Waals surface area contributed by atoms with Gasteiger partial charge in [-0.2, -0.15) is 0 Å². The number of thiazole rings is 1. The first-order chi connectivity index (χ1) is 11.6. The molecule has 24 heavy (non-hydrogen) atoms. The highest BCUT2D eigenvalue weighted by Crippen LogP contribution is 2.34. The van der Waals surface area contributed by atoms with Gasteiger partial charge in [-0.3, -0.25) is 10.1 Å². The second kappa shape index (κ2) is 8.65. The molecule has 1 atom stereocenters. The molecule has 2 aromatic rings. The molecule has 0 radical (unpaired) electrons. The number of rotatable bonds is 9. The van der Waals surface area contributed by atoms with Gasteiger partial charge in [0.2, 0.25) is 0 Å². The standard InChI is InChI=1S/C17H22N2O4S/c1-4-5-14(17(20)21)18-9-11-10-24-16(19-11)13-7-6-12(22-2)8-15(13)23-3/h6-8,10,14,18H,4-5,9H2,1-3H3,(H,20,21). The Morgan fingerprint density at radius 3 is 2.79 bits per heavy atom. The summed E-state index contributed by atoms with van der Waals surface area (Å²) in [5.41, 5.74) is 1.70. The van der Waals surface area contributed by atoms with E-state index in [0.29, 0.717) is 18.7 Å². The summed E-state index contributed by atoms with van der Waals surface area (Å²) < 4.78 is 10.6. The smallest absolute Gasteiger partial charge is 0.320 e. The first kappa shape index (κ1) is 18.2. The van der Waals surface area contributed by atoms with Crippen molar-refractivity contribution in [2.75, 3.05) is 14.2 Å². The van der Waals surface area contributed by atoms with Crippen molar-refractivity contribution in [2.24, 2.45) is 0 Å². The van der Waals surface area contributed by atoms with Gasteiger partial charge in [0.25, 0.3) is 0 Å². The van der Waals surface area contributed by atoms with Crippen molar-refractivity contribution in [2.45, 2.75) is 32.4 Å². The van der Waals surface area contributed by atoms with Crippen molar-refractivity contribution >= 4 is 17.3 Å². The number of hydrogen-bond donors (Lipinski definition) is 2. The lowest BCUT2D eigenvalue weighted by atomic mass is 10.1. The zero-order chi connectivity index (χ0) is 17.5. The Morgan fingerprint density at radius 2 is 2.17 bits per heavy atom. The van der Waals surface area contributed by atoms with E-state index in [1.807, 2.05) is 30.5 Å². The summed E-state index contributed by atoms with van der Waals surface area (Å²) in [4.78, 5) is 15.8. The first-order valence-electron chi connectivity index (χ1n) is 7.72. The lowest BCUT2D eigenvalue weighted by Crippen LogP contribution is -2.36. The predicted molar refractivity (Wildman–Crippen MR) is 93.8 cm³/mol. The van der Waals surface area contributed by atoms with Crippen molar-refractivity contribution in [3.8, 4) is 22.1 Å². The van der Waals surface area contributed by atoms with Crippen LogP contribution in [-0.2, 0) is 11.3 Å². The molecule has 0 saturated heterocycles. The van der Waals surface area contributed by atoms with E-state index in [0.717, 1.165) is 28.4 Å². The summed E-state index contributed by atoms with van der Waals surface area (Å²) in [5.74, 6) is 0.583. The number of carboxylic acid groups (broad SMARTS) is 1. The van der Waals surface area contributed by atoms with Crippen molar-refractivity contribution in [3.05, 3.63) is 29.3 Å². The molecule has 2 N–H and O–H groups in total. The molecule has 2 rings (SSSR count). The zero-order valence-electron chi connectivity index (χ0n) is 14.0. The molecule has 0 bridgehead atoms. The van der Waals surface area contributed by atoms with Crippen LogP contribution in [0.25, 0.3) is 10.6 Å². The number of aromatic nitrogens is 1. The van der Waals surface area contributed by atoms with E-state index < -0.39 is 12.0 Å². The van der Waals surface area contributed by atoms with Gasteiger partial charge in [0.05, 0.1) is 25.5 Å². The second-order valence-electron chi connectivity index (χ2n) is 5.27. The summed E-state index contributed by atoms with van der Waals surface area (Å²) in [6.07, 6.45) is 1.41. The van der Waals surface area contributed by atoms with Crippen LogP contribution in [0.1, 0.15) is 25.5 Å². The van der Waals surface area contributed by atoms with Crippen LogP contribution >= 0.6 is 11.3 Å². The maximum atomic E-state index is 11.2. The van der Waals surface area contributed by atoms with Gasteiger partial charge in [0, 0.05) is 18.0 Å². The molecular weight excluding hydrogens is 328 g/mol. The molecule has 1 unspecified atom stereocenters. The number of aliphatic carboxylic acids is 1. The lowest BCUT2D eigenvalue weighted by Gasteiger charge is -2.12. The summed E-state index contributed by atoms with van der Waals surface area (Å²) >= 11 is 1.50. The van der Waals surface area contributed by atoms with Gasteiger partial charge < -0.3 is 14.6 Å². The number of carbonyl (C=O) groups is 1. The Bertz CT molecular complexity index is 687. The van der Waals surface area contributed by atoms with Gasteiger partial charge in [0.1, 0.15) is 22.5 Å². The Balaban J connectivity index is 2.12. The van der Waals surface area contributed by atoms with Gasteiger partial charge in [0.15, 0.2) is 0 Å². The number of nitrogens with one attached hydrogen (secondary N) is 1. The molecule has 0 amide bonds. The van der Waals surface area contributed by atoms with Crippen LogP contribution in [0.5, 0.6) is 11.5 Å². The quantitative estimate of drug-likeness (QED) is 0.723. The summed E-state index contributed by atoms with van der Waals surface area (Å²) in [6.45, 7) is 2.39. The number of nitrogens with zero attached hydrogens (tertiary/aromatic N) is 1. The van der Waals surface area contributed by atoms with Crippen LogP contribution in [-0.4, -0.2) is 36.3 Å². The monoisotopic (exact) mass is 350 g/mol. The Hall–Kier alpha value is -2.12. The van der Waals surface area contributed by atoms with Gasteiger partial charge >= 0.3 is 5.97 Å². The molecule has 0 aliphatic heterocycles. The molecule has 6 nitrogen and oxygen atoms in total. The van der Waals surface area contributed by atoms with Crippen molar-refractivity contribution < 1.29 is 19.4 Å². The molecule has 0 saturated carbocycles. The molecule has 1 heterocycles. The number of benzene rings is 1. The largest absolute Gasteiger partial charge is 0.497 e. The fourth-order valence-electron chi connectivity index (χ4n) is 2.32. The highest BCUT2D eigenvalue weighted by Gasteiger charge is 2.16. The Morgan fingerprint density at radius 1 is 1.38 bits per heavy atom. The van der Waals surface area contributed by atoms with Gasteiger partial charge in [-0.05, 0) is 18.6 Å². The van der Waals surface area contributed by atoms with Crippen molar-refractivity contribution in [1.82, 2.24) is 10.3 Å². The van der Waals surface area contributed by atoms with E-state index >= 15 is 0 Å². The van der Waals surface area contributed by atoms with E-state index in [9.17, 15) is 9.90 Å². The highest BCUT2D eigenvalue weighted by molar-refractivity contribution is 7.13. The molecule has 130 valence electrons. The van der Waals surface area contributed by atoms with E-state index in [4.69, 9.17) is 9.47 Å². The Labute approximate surface area is 145 Å². The van der Waals surface area contributed by atoms with Gasteiger partial charge in [-0.15, -0.1) is 11.3 Å². The fraction of sp³-hybridized carbons (Fsp3) is 0.412. The maximum Gasteiger partial charge on any atom is 0.320 e. The summed E-state index contributed by atoms with van der Waals surface area (Å²) in [5, 5.41) is 15.0. The average Bonchev–Trinajstić information content (AvgIpc) is 3.06. The number of carboxylic acids is 1. The fourth-order valence-corrected chi connectivity index (χ4v) is 3.17. The van der Waals surface area contributed by atoms with Crippen LogP contribution in [0.3, 0.4) is 0 Å². The first-order valence-corrected chi connectivity index (χ1v) is 8.60. The molecule has 0 aliphatic rings. The number of ether oxygens (including phenoxy) is 2. The molecule has 0 fully saturated rings. The Kier molecular flexibility index (Phi) is 6.57. The molecule has 0 spiro atoms. The molecule has 1 aromatic carbocycles. The van der Waals surface area contributed by atoms with Crippen molar-refractivity contribution in [1.29, 1.82) is 0 Å². The third kappa shape index (κ3) is 4.46. The zero-order valence-corrected chi connectivity index (χ0v) is 14.9. The topological polar surface area (TPSA) is 80.7 Å². The molecule has 0 aliphatic carbocycles. The van der Waals surface area contributed by atoms with Crippen LogP contribution in [0.15, 0.2) is 23.6 Å². The molecule has 1 aromatic heterocycles. The maximum absolute atomic E-state index is 11.2. The normalized spacial score (nSPS) is 12.0. The SMILES string of the molecule is CCCC(NCc1csc(-c2ccc(OC)cc2OC)n1)C(=O)O. The number of methoxy groups -OCH3 is 2. The third-order valence-corrected chi connectivity index (χ3v) is 4.52. The van der Waals surface area contributed by atoms with Crippen LogP contribution in [0, 0.1) is 0 Å². The average molecular weight is 350 g/mol.